The lowest BCUT2D eigenvalue weighted by molar-refractivity contribution is 0.778. The summed E-state index contributed by atoms with van der Waals surface area (Å²) in [5.41, 5.74) is 15.1. The summed E-state index contributed by atoms with van der Waals surface area (Å²) in [6, 6.07) is 11.8. The molecular formula is C20H28N6. The molecule has 2 aromatic heterocycles. The Morgan fingerprint density at radius 2 is 1.23 bits per heavy atom. The molecule has 0 fully saturated rings. The SMILES string of the molecule is NCC/C=C(/NCCN/C(=C/CCN)c1ccccn1)c1ccccn1. The van der Waals surface area contributed by atoms with E-state index < -0.39 is 0 Å². The van der Waals surface area contributed by atoms with Gasteiger partial charge in [0.15, 0.2) is 0 Å². The summed E-state index contributed by atoms with van der Waals surface area (Å²) in [7, 11) is 0. The molecule has 2 rings (SSSR count). The molecule has 6 N–H and O–H groups in total. The number of nitrogens with zero attached hydrogens (tertiary/aromatic N) is 2. The quantitative estimate of drug-likeness (QED) is 0.460. The van der Waals surface area contributed by atoms with Gasteiger partial charge >= 0.3 is 0 Å². The van der Waals surface area contributed by atoms with E-state index in [9.17, 15) is 0 Å². The summed E-state index contributed by atoms with van der Waals surface area (Å²) in [5, 5.41) is 6.88. The maximum atomic E-state index is 5.63. The van der Waals surface area contributed by atoms with Crippen molar-refractivity contribution >= 4 is 11.4 Å². The third-order valence-corrected chi connectivity index (χ3v) is 3.67. The number of aromatic nitrogens is 2. The molecule has 0 aromatic carbocycles. The predicted octanol–water partition coefficient (Wildman–Crippen LogP) is 1.74. The van der Waals surface area contributed by atoms with Crippen molar-refractivity contribution in [3.05, 3.63) is 72.3 Å². The second kappa shape index (κ2) is 11.8. The summed E-state index contributed by atoms with van der Waals surface area (Å²) < 4.78 is 0. The molecule has 6 nitrogen and oxygen atoms in total. The van der Waals surface area contributed by atoms with Crippen LogP contribution in [0.4, 0.5) is 0 Å². The van der Waals surface area contributed by atoms with E-state index in [1.54, 1.807) is 12.4 Å². The van der Waals surface area contributed by atoms with Crippen LogP contribution in [-0.2, 0) is 0 Å². The van der Waals surface area contributed by atoms with Gasteiger partial charge < -0.3 is 22.1 Å². The predicted molar refractivity (Wildman–Crippen MR) is 108 cm³/mol. The molecule has 0 bridgehead atoms. The maximum absolute atomic E-state index is 5.63. The number of rotatable bonds is 11. The Morgan fingerprint density at radius 3 is 1.58 bits per heavy atom. The van der Waals surface area contributed by atoms with Gasteiger partial charge in [-0.15, -0.1) is 0 Å². The van der Waals surface area contributed by atoms with Crippen LogP contribution in [0.15, 0.2) is 60.9 Å². The Labute approximate surface area is 155 Å². The van der Waals surface area contributed by atoms with Crippen LogP contribution in [0.2, 0.25) is 0 Å². The van der Waals surface area contributed by atoms with Crippen molar-refractivity contribution in [2.75, 3.05) is 26.2 Å². The first-order chi connectivity index (χ1) is 12.8. The number of nitrogens with one attached hydrogen (secondary N) is 2. The average Bonchev–Trinajstić information content (AvgIpc) is 2.71. The van der Waals surface area contributed by atoms with Gasteiger partial charge in [0.25, 0.3) is 0 Å². The van der Waals surface area contributed by atoms with E-state index in [4.69, 9.17) is 11.5 Å². The fourth-order valence-electron chi connectivity index (χ4n) is 2.43. The van der Waals surface area contributed by atoms with Crippen LogP contribution in [-0.4, -0.2) is 36.1 Å². The molecule has 0 aliphatic carbocycles. The molecule has 2 aromatic rings. The largest absolute Gasteiger partial charge is 0.382 e. The highest BCUT2D eigenvalue weighted by atomic mass is 15.0. The molecule has 0 saturated carbocycles. The molecule has 138 valence electrons. The fourth-order valence-corrected chi connectivity index (χ4v) is 2.43. The molecule has 2 heterocycles. The molecule has 6 heteroatoms. The molecule has 0 spiro atoms. The molecule has 0 radical (unpaired) electrons. The zero-order chi connectivity index (χ0) is 18.5. The van der Waals surface area contributed by atoms with Crippen LogP contribution in [0.5, 0.6) is 0 Å². The Kier molecular flexibility index (Phi) is 8.89. The Morgan fingerprint density at radius 1 is 0.769 bits per heavy atom. The molecule has 0 aliphatic rings. The van der Waals surface area contributed by atoms with Crippen molar-refractivity contribution in [1.82, 2.24) is 20.6 Å². The van der Waals surface area contributed by atoms with E-state index in [0.717, 1.165) is 48.7 Å². The molecule has 0 atom stereocenters. The van der Waals surface area contributed by atoms with Crippen LogP contribution in [0.25, 0.3) is 11.4 Å². The van der Waals surface area contributed by atoms with E-state index in [-0.39, 0.29) is 0 Å². The van der Waals surface area contributed by atoms with E-state index in [2.05, 4.69) is 32.8 Å². The van der Waals surface area contributed by atoms with Gasteiger partial charge in [-0.1, -0.05) is 24.3 Å². The third-order valence-electron chi connectivity index (χ3n) is 3.67. The van der Waals surface area contributed by atoms with Crippen molar-refractivity contribution in [2.45, 2.75) is 12.8 Å². The Balaban J connectivity index is 1.93. The lowest BCUT2D eigenvalue weighted by atomic mass is 10.2. The minimum atomic E-state index is 0.613. The van der Waals surface area contributed by atoms with Crippen LogP contribution < -0.4 is 22.1 Å². The van der Waals surface area contributed by atoms with E-state index in [0.29, 0.717) is 13.1 Å². The van der Waals surface area contributed by atoms with E-state index >= 15 is 0 Å². The smallest absolute Gasteiger partial charge is 0.0857 e. The van der Waals surface area contributed by atoms with Crippen LogP contribution >= 0.6 is 0 Å². The summed E-state index contributed by atoms with van der Waals surface area (Å²) in [6.45, 7) is 2.73. The third kappa shape index (κ3) is 6.66. The standard InChI is InChI=1S/C20H28N6/c21-11-5-9-19(17-7-1-3-13-23-17)25-15-16-26-20(10-6-12-22)18-8-2-4-14-24-18/h1-4,7-10,13-14,25-26H,5-6,11-12,15-16,21-22H2/b19-9+,20-10+. The normalized spacial score (nSPS) is 12.1. The summed E-state index contributed by atoms with van der Waals surface area (Å²) in [4.78, 5) is 8.81. The Hall–Kier alpha value is -2.70. The first-order valence-electron chi connectivity index (χ1n) is 8.96. The van der Waals surface area contributed by atoms with Crippen molar-refractivity contribution in [2.24, 2.45) is 11.5 Å². The lowest BCUT2D eigenvalue weighted by Gasteiger charge is -2.14. The molecule has 0 unspecified atom stereocenters. The second-order valence-corrected chi connectivity index (χ2v) is 5.67. The molecular weight excluding hydrogens is 324 g/mol. The first kappa shape index (κ1) is 19.6. The van der Waals surface area contributed by atoms with Crippen molar-refractivity contribution in [1.29, 1.82) is 0 Å². The van der Waals surface area contributed by atoms with Crippen LogP contribution in [0.1, 0.15) is 24.2 Å². The van der Waals surface area contributed by atoms with Gasteiger partial charge in [0.1, 0.15) is 0 Å². The van der Waals surface area contributed by atoms with Gasteiger partial charge in [0.2, 0.25) is 0 Å². The van der Waals surface area contributed by atoms with Gasteiger partial charge in [-0.3, -0.25) is 9.97 Å². The van der Waals surface area contributed by atoms with Gasteiger partial charge in [0.05, 0.1) is 22.8 Å². The molecule has 0 amide bonds. The number of hydrogen-bond donors (Lipinski definition) is 4. The van der Waals surface area contributed by atoms with Gasteiger partial charge in [-0.05, 0) is 50.2 Å². The average molecular weight is 352 g/mol. The zero-order valence-corrected chi connectivity index (χ0v) is 15.1. The maximum Gasteiger partial charge on any atom is 0.0857 e. The highest BCUT2D eigenvalue weighted by Gasteiger charge is 2.04. The lowest BCUT2D eigenvalue weighted by Crippen LogP contribution is -2.26. The van der Waals surface area contributed by atoms with Gasteiger partial charge in [-0.25, -0.2) is 0 Å². The van der Waals surface area contributed by atoms with E-state index in [1.807, 2.05) is 36.4 Å². The zero-order valence-electron chi connectivity index (χ0n) is 15.1. The number of nitrogens with two attached hydrogens (primary N) is 2. The van der Waals surface area contributed by atoms with Crippen LogP contribution in [0, 0.1) is 0 Å². The minimum absolute atomic E-state index is 0.613. The summed E-state index contributed by atoms with van der Waals surface area (Å²) >= 11 is 0. The summed E-state index contributed by atoms with van der Waals surface area (Å²) in [6.07, 6.45) is 9.38. The molecule has 26 heavy (non-hydrogen) atoms. The highest BCUT2D eigenvalue weighted by Crippen LogP contribution is 2.10. The van der Waals surface area contributed by atoms with Crippen molar-refractivity contribution in [3.63, 3.8) is 0 Å². The van der Waals surface area contributed by atoms with Crippen LogP contribution in [0.3, 0.4) is 0 Å². The number of hydrogen-bond acceptors (Lipinski definition) is 6. The second-order valence-electron chi connectivity index (χ2n) is 5.67. The topological polar surface area (TPSA) is 102 Å². The van der Waals surface area contributed by atoms with Gasteiger partial charge in [0, 0.05) is 25.5 Å². The Bertz CT molecular complexity index is 620. The highest BCUT2D eigenvalue weighted by molar-refractivity contribution is 5.61. The van der Waals surface area contributed by atoms with E-state index in [1.165, 1.54) is 0 Å². The number of pyridine rings is 2. The molecule has 0 saturated heterocycles. The van der Waals surface area contributed by atoms with Gasteiger partial charge in [-0.2, -0.15) is 0 Å². The first-order valence-corrected chi connectivity index (χ1v) is 8.96. The van der Waals surface area contributed by atoms with Crippen molar-refractivity contribution in [3.8, 4) is 0 Å². The monoisotopic (exact) mass is 352 g/mol. The molecule has 0 aliphatic heterocycles. The summed E-state index contributed by atoms with van der Waals surface area (Å²) in [5.74, 6) is 0. The minimum Gasteiger partial charge on any atom is -0.382 e. The fraction of sp³-hybridized carbons (Fsp3) is 0.300. The van der Waals surface area contributed by atoms with Crippen molar-refractivity contribution < 1.29 is 0 Å².